The SMILES string of the molecule is CC1CC1C(=O)NCCSCC(=O)O. The fourth-order valence-corrected chi connectivity index (χ4v) is 1.79. The van der Waals surface area contributed by atoms with Crippen molar-refractivity contribution in [2.45, 2.75) is 13.3 Å². The van der Waals surface area contributed by atoms with Gasteiger partial charge in [0.2, 0.25) is 5.91 Å². The average Bonchev–Trinajstić information content (AvgIpc) is 2.81. The molecule has 1 fully saturated rings. The largest absolute Gasteiger partial charge is 0.481 e. The van der Waals surface area contributed by atoms with Crippen molar-refractivity contribution >= 4 is 23.6 Å². The Balaban J connectivity index is 1.93. The van der Waals surface area contributed by atoms with E-state index >= 15 is 0 Å². The quantitative estimate of drug-likeness (QED) is 0.639. The minimum absolute atomic E-state index is 0.107. The third-order valence-electron chi connectivity index (χ3n) is 2.22. The number of nitrogens with one attached hydrogen (secondary N) is 1. The van der Waals surface area contributed by atoms with Crippen LogP contribution in [0.15, 0.2) is 0 Å². The second-order valence-electron chi connectivity index (χ2n) is 3.56. The zero-order valence-electron chi connectivity index (χ0n) is 8.16. The molecule has 1 aliphatic carbocycles. The molecule has 0 radical (unpaired) electrons. The van der Waals surface area contributed by atoms with Crippen molar-refractivity contribution < 1.29 is 14.7 Å². The van der Waals surface area contributed by atoms with Gasteiger partial charge in [-0.25, -0.2) is 0 Å². The van der Waals surface area contributed by atoms with Gasteiger partial charge in [0.1, 0.15) is 0 Å². The fraction of sp³-hybridized carbons (Fsp3) is 0.778. The molecule has 0 aliphatic heterocycles. The van der Waals surface area contributed by atoms with Crippen LogP contribution in [-0.4, -0.2) is 35.0 Å². The first kappa shape index (κ1) is 11.4. The molecule has 5 heteroatoms. The molecule has 0 bridgehead atoms. The lowest BCUT2D eigenvalue weighted by Crippen LogP contribution is -2.27. The number of amides is 1. The summed E-state index contributed by atoms with van der Waals surface area (Å²) in [6.45, 7) is 2.63. The molecule has 2 atom stereocenters. The first-order chi connectivity index (χ1) is 6.61. The maximum Gasteiger partial charge on any atom is 0.313 e. The highest BCUT2D eigenvalue weighted by atomic mass is 32.2. The highest BCUT2D eigenvalue weighted by Crippen LogP contribution is 2.37. The highest BCUT2D eigenvalue weighted by molar-refractivity contribution is 7.99. The summed E-state index contributed by atoms with van der Waals surface area (Å²) in [7, 11) is 0. The van der Waals surface area contributed by atoms with E-state index in [9.17, 15) is 9.59 Å². The number of hydrogen-bond acceptors (Lipinski definition) is 3. The van der Waals surface area contributed by atoms with E-state index in [0.717, 1.165) is 6.42 Å². The van der Waals surface area contributed by atoms with Gasteiger partial charge < -0.3 is 10.4 Å². The number of rotatable bonds is 6. The van der Waals surface area contributed by atoms with Crippen molar-refractivity contribution in [3.05, 3.63) is 0 Å². The fourth-order valence-electron chi connectivity index (χ4n) is 1.22. The molecule has 4 nitrogen and oxygen atoms in total. The molecule has 2 N–H and O–H groups in total. The zero-order chi connectivity index (χ0) is 10.6. The summed E-state index contributed by atoms with van der Waals surface area (Å²) in [5.41, 5.74) is 0. The number of aliphatic carboxylic acids is 1. The average molecular weight is 217 g/mol. The Bertz CT molecular complexity index is 232. The minimum Gasteiger partial charge on any atom is -0.481 e. The summed E-state index contributed by atoms with van der Waals surface area (Å²) < 4.78 is 0. The molecule has 1 aliphatic rings. The van der Waals surface area contributed by atoms with Gasteiger partial charge >= 0.3 is 5.97 Å². The number of carbonyl (C=O) groups is 2. The summed E-state index contributed by atoms with van der Waals surface area (Å²) in [6.07, 6.45) is 0.994. The summed E-state index contributed by atoms with van der Waals surface area (Å²) >= 11 is 1.32. The van der Waals surface area contributed by atoms with Crippen molar-refractivity contribution in [3.63, 3.8) is 0 Å². The second kappa shape index (κ2) is 5.24. The summed E-state index contributed by atoms with van der Waals surface area (Å²) in [6, 6.07) is 0. The van der Waals surface area contributed by atoms with Crippen LogP contribution >= 0.6 is 11.8 Å². The number of hydrogen-bond donors (Lipinski definition) is 2. The maximum absolute atomic E-state index is 11.3. The first-order valence-corrected chi connectivity index (χ1v) is 5.84. The molecule has 0 aromatic carbocycles. The molecule has 1 saturated carbocycles. The van der Waals surface area contributed by atoms with Crippen LogP contribution in [0.3, 0.4) is 0 Å². The standard InChI is InChI=1S/C9H15NO3S/c1-6-4-7(6)9(13)10-2-3-14-5-8(11)12/h6-7H,2-5H2,1H3,(H,10,13)(H,11,12). The van der Waals surface area contributed by atoms with Gasteiger partial charge in [0.15, 0.2) is 0 Å². The second-order valence-corrected chi connectivity index (χ2v) is 4.66. The molecule has 0 aromatic heterocycles. The Morgan fingerprint density at radius 3 is 2.71 bits per heavy atom. The predicted octanol–water partition coefficient (Wildman–Crippen LogP) is 0.576. The lowest BCUT2D eigenvalue weighted by molar-refractivity contribution is -0.133. The van der Waals surface area contributed by atoms with E-state index < -0.39 is 5.97 Å². The molecular formula is C9H15NO3S. The van der Waals surface area contributed by atoms with Crippen LogP contribution in [0, 0.1) is 11.8 Å². The third kappa shape index (κ3) is 4.00. The van der Waals surface area contributed by atoms with E-state index in [-0.39, 0.29) is 17.6 Å². The molecule has 0 heterocycles. The highest BCUT2D eigenvalue weighted by Gasteiger charge is 2.38. The van der Waals surface area contributed by atoms with Crippen LogP contribution in [0.5, 0.6) is 0 Å². The monoisotopic (exact) mass is 217 g/mol. The van der Waals surface area contributed by atoms with Gasteiger partial charge in [-0.15, -0.1) is 11.8 Å². The normalized spacial score (nSPS) is 24.4. The lowest BCUT2D eigenvalue weighted by atomic mass is 10.3. The molecule has 0 saturated heterocycles. The molecule has 1 amide bonds. The predicted molar refractivity (Wildman–Crippen MR) is 55.2 cm³/mol. The van der Waals surface area contributed by atoms with Crippen molar-refractivity contribution in [1.82, 2.24) is 5.32 Å². The molecule has 14 heavy (non-hydrogen) atoms. The van der Waals surface area contributed by atoms with E-state index in [2.05, 4.69) is 12.2 Å². The summed E-state index contributed by atoms with van der Waals surface area (Å²) in [5.74, 6) is 0.821. The Kier molecular flexibility index (Phi) is 4.25. The van der Waals surface area contributed by atoms with Gasteiger partial charge in [0.25, 0.3) is 0 Å². The number of carboxylic acids is 1. The molecule has 80 valence electrons. The Hall–Kier alpha value is -0.710. The van der Waals surface area contributed by atoms with Crippen molar-refractivity contribution in [2.24, 2.45) is 11.8 Å². The van der Waals surface area contributed by atoms with Crippen molar-refractivity contribution in [3.8, 4) is 0 Å². The summed E-state index contributed by atoms with van der Waals surface area (Å²) in [4.78, 5) is 21.4. The van der Waals surface area contributed by atoms with Crippen LogP contribution in [0.25, 0.3) is 0 Å². The third-order valence-corrected chi connectivity index (χ3v) is 3.16. The van der Waals surface area contributed by atoms with Gasteiger partial charge in [0, 0.05) is 18.2 Å². The number of carboxylic acid groups (broad SMARTS) is 1. The first-order valence-electron chi connectivity index (χ1n) is 4.68. The topological polar surface area (TPSA) is 66.4 Å². The molecular weight excluding hydrogens is 202 g/mol. The van der Waals surface area contributed by atoms with Gasteiger partial charge in [0.05, 0.1) is 5.75 Å². The number of carbonyl (C=O) groups excluding carboxylic acids is 1. The summed E-state index contributed by atoms with van der Waals surface area (Å²) in [5, 5.41) is 11.1. The van der Waals surface area contributed by atoms with Crippen molar-refractivity contribution in [2.75, 3.05) is 18.1 Å². The van der Waals surface area contributed by atoms with E-state index in [1.54, 1.807) is 0 Å². The molecule has 0 aromatic rings. The van der Waals surface area contributed by atoms with E-state index in [1.807, 2.05) is 0 Å². The Labute approximate surface area is 87.4 Å². The van der Waals surface area contributed by atoms with E-state index in [1.165, 1.54) is 11.8 Å². The van der Waals surface area contributed by atoms with Crippen LogP contribution in [0.1, 0.15) is 13.3 Å². The van der Waals surface area contributed by atoms with Gasteiger partial charge in [-0.05, 0) is 12.3 Å². The van der Waals surface area contributed by atoms with Crippen LogP contribution < -0.4 is 5.32 Å². The van der Waals surface area contributed by atoms with Gasteiger partial charge in [-0.2, -0.15) is 0 Å². The van der Waals surface area contributed by atoms with Crippen LogP contribution in [0.4, 0.5) is 0 Å². The van der Waals surface area contributed by atoms with E-state index in [4.69, 9.17) is 5.11 Å². The lowest BCUT2D eigenvalue weighted by Gasteiger charge is -2.02. The van der Waals surface area contributed by atoms with Crippen LogP contribution in [-0.2, 0) is 9.59 Å². The van der Waals surface area contributed by atoms with Crippen LogP contribution in [0.2, 0.25) is 0 Å². The van der Waals surface area contributed by atoms with Gasteiger partial charge in [-0.1, -0.05) is 6.92 Å². The Morgan fingerprint density at radius 1 is 1.57 bits per heavy atom. The minimum atomic E-state index is -0.808. The van der Waals surface area contributed by atoms with Crippen molar-refractivity contribution in [1.29, 1.82) is 0 Å². The zero-order valence-corrected chi connectivity index (χ0v) is 8.97. The maximum atomic E-state index is 11.3. The molecule has 0 spiro atoms. The molecule has 2 unspecified atom stereocenters. The smallest absolute Gasteiger partial charge is 0.313 e. The van der Waals surface area contributed by atoms with E-state index in [0.29, 0.717) is 18.2 Å². The molecule has 1 rings (SSSR count). The van der Waals surface area contributed by atoms with Gasteiger partial charge in [-0.3, -0.25) is 9.59 Å². The Morgan fingerprint density at radius 2 is 2.21 bits per heavy atom. The number of thioether (sulfide) groups is 1.